The summed E-state index contributed by atoms with van der Waals surface area (Å²) in [4.78, 5) is 25.8. The number of anilines is 1. The van der Waals surface area contributed by atoms with Crippen molar-refractivity contribution in [1.29, 1.82) is 0 Å². The topological polar surface area (TPSA) is 77.1 Å². The molecule has 2 atom stereocenters. The minimum atomic E-state index is -0.578. The zero-order chi connectivity index (χ0) is 18.2. The Bertz CT molecular complexity index is 688. The molecule has 8 heteroatoms. The first-order chi connectivity index (χ1) is 11.7. The smallest absolute Gasteiger partial charge is 0.415 e. The van der Waals surface area contributed by atoms with Crippen molar-refractivity contribution in [3.63, 3.8) is 0 Å². The Morgan fingerprint density at radius 3 is 2.92 bits per heavy atom. The third-order valence-corrected chi connectivity index (χ3v) is 4.40. The number of amides is 2. The summed E-state index contributed by atoms with van der Waals surface area (Å²) in [6.07, 6.45) is -0.817. The Morgan fingerprint density at radius 1 is 1.44 bits per heavy atom. The van der Waals surface area contributed by atoms with E-state index < -0.39 is 23.9 Å². The maximum Gasteiger partial charge on any atom is 0.415 e. The normalized spacial score (nSPS) is 22.2. The zero-order valence-electron chi connectivity index (χ0n) is 14.4. The molecular weight excluding hydrogens is 392 g/mol. The van der Waals surface area contributed by atoms with Gasteiger partial charge >= 0.3 is 12.2 Å². The Kier molecular flexibility index (Phi) is 4.81. The lowest BCUT2D eigenvalue weighted by Gasteiger charge is -2.23. The molecule has 136 valence electrons. The standard InChI is InChI=1S/C17H21BrN2O5/c1-17(2,3)25-15(21)19-9-14-12-6-7-23-13-8-10(18)4-5-11(13)20(12)16(22)24-14/h4-5,8,12,14H,6-7,9H2,1-3H3,(H,19,21)/t12-,14+/m0/s1. The number of hydrogen-bond acceptors (Lipinski definition) is 5. The molecular formula is C17H21BrN2O5. The van der Waals surface area contributed by atoms with Crippen LogP contribution in [-0.4, -0.2) is 43.1 Å². The molecule has 1 aromatic carbocycles. The van der Waals surface area contributed by atoms with Gasteiger partial charge in [-0.1, -0.05) is 15.9 Å². The van der Waals surface area contributed by atoms with Gasteiger partial charge in [-0.3, -0.25) is 4.90 Å². The number of alkyl carbamates (subject to hydrolysis) is 1. The molecule has 0 unspecified atom stereocenters. The molecule has 1 saturated heterocycles. The fraction of sp³-hybridized carbons (Fsp3) is 0.529. The van der Waals surface area contributed by atoms with Gasteiger partial charge in [-0.2, -0.15) is 0 Å². The van der Waals surface area contributed by atoms with Gasteiger partial charge in [0.15, 0.2) is 0 Å². The molecule has 0 aliphatic carbocycles. The number of benzene rings is 1. The summed E-state index contributed by atoms with van der Waals surface area (Å²) in [5, 5.41) is 2.67. The van der Waals surface area contributed by atoms with Crippen molar-refractivity contribution >= 4 is 33.8 Å². The summed E-state index contributed by atoms with van der Waals surface area (Å²) < 4.78 is 17.3. The highest BCUT2D eigenvalue weighted by atomic mass is 79.9. The van der Waals surface area contributed by atoms with Crippen LogP contribution < -0.4 is 15.0 Å². The number of ether oxygens (including phenoxy) is 3. The SMILES string of the molecule is CC(C)(C)OC(=O)NC[C@H]1OC(=O)N2c3ccc(Br)cc3OCC[C@@H]12. The van der Waals surface area contributed by atoms with Crippen molar-refractivity contribution < 1.29 is 23.8 Å². The highest BCUT2D eigenvalue weighted by Gasteiger charge is 2.44. The number of nitrogens with one attached hydrogen (secondary N) is 1. The van der Waals surface area contributed by atoms with Gasteiger partial charge in [-0.25, -0.2) is 9.59 Å². The van der Waals surface area contributed by atoms with Crippen LogP contribution in [0.2, 0.25) is 0 Å². The Balaban J connectivity index is 1.72. The molecule has 0 bridgehead atoms. The number of carbonyl (C=O) groups is 2. The first-order valence-electron chi connectivity index (χ1n) is 8.13. The molecule has 2 aliphatic heterocycles. The third-order valence-electron chi connectivity index (χ3n) is 3.91. The van der Waals surface area contributed by atoms with Gasteiger partial charge in [0.05, 0.1) is 24.9 Å². The van der Waals surface area contributed by atoms with Crippen LogP contribution in [0.1, 0.15) is 27.2 Å². The Labute approximate surface area is 154 Å². The van der Waals surface area contributed by atoms with E-state index >= 15 is 0 Å². The monoisotopic (exact) mass is 412 g/mol. The van der Waals surface area contributed by atoms with Crippen molar-refractivity contribution in [3.05, 3.63) is 22.7 Å². The van der Waals surface area contributed by atoms with E-state index in [0.717, 1.165) is 4.47 Å². The van der Waals surface area contributed by atoms with Crippen LogP contribution in [0.3, 0.4) is 0 Å². The maximum absolute atomic E-state index is 12.4. The number of halogens is 1. The first kappa shape index (κ1) is 17.8. The minimum Gasteiger partial charge on any atom is -0.491 e. The Morgan fingerprint density at radius 2 is 2.20 bits per heavy atom. The lowest BCUT2D eigenvalue weighted by molar-refractivity contribution is 0.0486. The van der Waals surface area contributed by atoms with Gasteiger partial charge in [0.1, 0.15) is 17.5 Å². The van der Waals surface area contributed by atoms with Gasteiger partial charge in [-0.05, 0) is 39.0 Å². The van der Waals surface area contributed by atoms with E-state index in [9.17, 15) is 9.59 Å². The van der Waals surface area contributed by atoms with E-state index in [1.54, 1.807) is 25.7 Å². The van der Waals surface area contributed by atoms with Crippen LogP contribution in [0.5, 0.6) is 5.75 Å². The number of nitrogens with zero attached hydrogens (tertiary/aromatic N) is 1. The second-order valence-electron chi connectivity index (χ2n) is 6.99. The summed E-state index contributed by atoms with van der Waals surface area (Å²) >= 11 is 3.40. The van der Waals surface area contributed by atoms with Gasteiger partial charge in [0.25, 0.3) is 0 Å². The number of rotatable bonds is 2. The van der Waals surface area contributed by atoms with E-state index in [4.69, 9.17) is 14.2 Å². The second-order valence-corrected chi connectivity index (χ2v) is 7.91. The van der Waals surface area contributed by atoms with Gasteiger partial charge in [0.2, 0.25) is 0 Å². The summed E-state index contributed by atoms with van der Waals surface area (Å²) in [6.45, 7) is 6.03. The molecule has 2 aliphatic rings. The minimum absolute atomic E-state index is 0.188. The summed E-state index contributed by atoms with van der Waals surface area (Å²) in [7, 11) is 0. The van der Waals surface area contributed by atoms with Crippen LogP contribution >= 0.6 is 15.9 Å². The van der Waals surface area contributed by atoms with E-state index in [0.29, 0.717) is 24.5 Å². The number of hydrogen-bond donors (Lipinski definition) is 1. The van der Waals surface area contributed by atoms with E-state index in [1.807, 2.05) is 18.2 Å². The molecule has 0 aromatic heterocycles. The third kappa shape index (κ3) is 4.00. The molecule has 3 rings (SSSR count). The van der Waals surface area contributed by atoms with Crippen molar-refractivity contribution in [2.24, 2.45) is 0 Å². The molecule has 0 spiro atoms. The van der Waals surface area contributed by atoms with E-state index in [2.05, 4.69) is 21.2 Å². The predicted octanol–water partition coefficient (Wildman–Crippen LogP) is 3.45. The lowest BCUT2D eigenvalue weighted by Crippen LogP contribution is -2.43. The average Bonchev–Trinajstić information content (AvgIpc) is 2.69. The summed E-state index contributed by atoms with van der Waals surface area (Å²) in [6, 6.07) is 5.30. The van der Waals surface area contributed by atoms with Crippen LogP contribution in [-0.2, 0) is 9.47 Å². The summed E-state index contributed by atoms with van der Waals surface area (Å²) in [5.41, 5.74) is 0.0979. The van der Waals surface area contributed by atoms with Gasteiger partial charge in [0, 0.05) is 10.9 Å². The van der Waals surface area contributed by atoms with Gasteiger partial charge in [-0.15, -0.1) is 0 Å². The number of cyclic esters (lactones) is 1. The molecule has 0 saturated carbocycles. The van der Waals surface area contributed by atoms with Crippen molar-refractivity contribution in [2.75, 3.05) is 18.1 Å². The molecule has 1 N–H and O–H groups in total. The summed E-state index contributed by atoms with van der Waals surface area (Å²) in [5.74, 6) is 0.634. The first-order valence-corrected chi connectivity index (χ1v) is 8.93. The lowest BCUT2D eigenvalue weighted by atomic mass is 10.1. The van der Waals surface area contributed by atoms with Crippen molar-refractivity contribution in [2.45, 2.75) is 44.9 Å². The quantitative estimate of drug-likeness (QED) is 0.804. The van der Waals surface area contributed by atoms with Crippen LogP contribution in [0, 0.1) is 0 Å². The predicted molar refractivity (Wildman–Crippen MR) is 95.0 cm³/mol. The van der Waals surface area contributed by atoms with Crippen molar-refractivity contribution in [3.8, 4) is 5.75 Å². The molecule has 2 heterocycles. The average molecular weight is 413 g/mol. The fourth-order valence-corrected chi connectivity index (χ4v) is 3.27. The fourth-order valence-electron chi connectivity index (χ4n) is 2.93. The van der Waals surface area contributed by atoms with E-state index in [-0.39, 0.29) is 12.6 Å². The molecule has 1 fully saturated rings. The zero-order valence-corrected chi connectivity index (χ0v) is 16.0. The molecule has 2 amide bonds. The number of fused-ring (bicyclic) bond motifs is 3. The van der Waals surface area contributed by atoms with E-state index in [1.165, 1.54) is 0 Å². The number of carbonyl (C=O) groups excluding carboxylic acids is 2. The van der Waals surface area contributed by atoms with Gasteiger partial charge < -0.3 is 19.5 Å². The highest BCUT2D eigenvalue weighted by Crippen LogP contribution is 2.39. The van der Waals surface area contributed by atoms with Crippen LogP contribution in [0.25, 0.3) is 0 Å². The molecule has 25 heavy (non-hydrogen) atoms. The molecule has 1 aromatic rings. The molecule has 0 radical (unpaired) electrons. The van der Waals surface area contributed by atoms with Crippen LogP contribution in [0.15, 0.2) is 22.7 Å². The highest BCUT2D eigenvalue weighted by molar-refractivity contribution is 9.10. The molecule has 7 nitrogen and oxygen atoms in total. The van der Waals surface area contributed by atoms with Crippen LogP contribution in [0.4, 0.5) is 15.3 Å². The largest absolute Gasteiger partial charge is 0.491 e. The van der Waals surface area contributed by atoms with Crippen molar-refractivity contribution in [1.82, 2.24) is 5.32 Å². The second kappa shape index (κ2) is 6.74. The Hall–Kier alpha value is -1.96. The maximum atomic E-state index is 12.4.